The molecule has 5 rings (SSSR count). The van der Waals surface area contributed by atoms with Gasteiger partial charge >= 0.3 is 0 Å². The highest BCUT2D eigenvalue weighted by atomic mass is 35.5. The van der Waals surface area contributed by atoms with Crippen LogP contribution in [0.3, 0.4) is 0 Å². The van der Waals surface area contributed by atoms with E-state index in [4.69, 9.17) is 11.6 Å². The third kappa shape index (κ3) is 4.86. The number of rotatable bonds is 6. The number of anilines is 2. The topological polar surface area (TPSA) is 133 Å². The SMILES string of the molecule is Cc1cc(CN2C(=O)C(C3=C(Cl)S(=O)(=O)c4cc(NS(=O)(=O)C5CC5)ccc4N3)=C(O)[C@@H]2C(C)(C)C)ccc1F. The Hall–Kier alpha value is -3.09. The molecule has 1 amide bonds. The quantitative estimate of drug-likeness (QED) is 0.424. The molecule has 1 aliphatic carbocycles. The monoisotopic (exact) mass is 609 g/mol. The number of nitrogens with one attached hydrogen (secondary N) is 2. The van der Waals surface area contributed by atoms with E-state index in [1.165, 1.54) is 29.2 Å². The van der Waals surface area contributed by atoms with Crippen molar-refractivity contribution in [3.63, 3.8) is 0 Å². The number of aliphatic hydroxyl groups is 1. The summed E-state index contributed by atoms with van der Waals surface area (Å²) in [5, 5.41) is 13.7. The van der Waals surface area contributed by atoms with Gasteiger partial charge in [-0.2, -0.15) is 0 Å². The van der Waals surface area contributed by atoms with Crippen molar-refractivity contribution in [1.82, 2.24) is 4.90 Å². The van der Waals surface area contributed by atoms with E-state index in [2.05, 4.69) is 10.0 Å². The van der Waals surface area contributed by atoms with Gasteiger partial charge in [0.25, 0.3) is 5.91 Å². The molecule has 1 fully saturated rings. The highest BCUT2D eigenvalue weighted by Crippen LogP contribution is 2.45. The summed E-state index contributed by atoms with van der Waals surface area (Å²) in [4.78, 5) is 14.9. The number of aryl methyl sites for hydroxylation is 1. The summed E-state index contributed by atoms with van der Waals surface area (Å²) in [6.07, 6.45) is 1.08. The minimum atomic E-state index is -4.39. The van der Waals surface area contributed by atoms with Gasteiger partial charge in [0.15, 0.2) is 4.36 Å². The predicted molar refractivity (Wildman–Crippen MR) is 150 cm³/mol. The second kappa shape index (κ2) is 9.49. The van der Waals surface area contributed by atoms with Gasteiger partial charge in [0, 0.05) is 12.2 Å². The molecule has 0 spiro atoms. The molecule has 1 saturated carbocycles. The third-order valence-corrected chi connectivity index (χ3v) is 11.4. The number of hydrogen-bond acceptors (Lipinski definition) is 7. The van der Waals surface area contributed by atoms with Gasteiger partial charge in [0.05, 0.1) is 27.6 Å². The minimum Gasteiger partial charge on any atom is -0.509 e. The van der Waals surface area contributed by atoms with Crippen LogP contribution in [0.2, 0.25) is 0 Å². The van der Waals surface area contributed by atoms with Crippen molar-refractivity contribution in [3.05, 3.63) is 74.7 Å². The molecular formula is C27H29ClFN3O6S2. The summed E-state index contributed by atoms with van der Waals surface area (Å²) in [6, 6.07) is 7.58. The standard InChI is InChI=1S/C27H29ClFN3O6S2/c1-14-11-15(5-9-18(14)29)13-32-24(27(2,3)4)23(33)21(26(32)34)22-25(28)39(35,36)20-12-16(6-10-19(20)30-22)31-40(37,38)17-7-8-17/h5-6,9-12,17,24,30-31,33H,7-8,13H2,1-4H3/t24-/m1/s1. The molecule has 0 saturated heterocycles. The zero-order chi connectivity index (χ0) is 29.4. The second-order valence-electron chi connectivity index (χ2n) is 11.4. The summed E-state index contributed by atoms with van der Waals surface area (Å²) in [5.74, 6) is -1.38. The van der Waals surface area contributed by atoms with Crippen molar-refractivity contribution in [2.24, 2.45) is 5.41 Å². The van der Waals surface area contributed by atoms with E-state index in [1.807, 2.05) is 20.8 Å². The Bertz CT molecular complexity index is 1720. The lowest BCUT2D eigenvalue weighted by molar-refractivity contribution is -0.129. The summed E-state index contributed by atoms with van der Waals surface area (Å²) in [7, 11) is -8.02. The average Bonchev–Trinajstić information content (AvgIpc) is 3.67. The van der Waals surface area contributed by atoms with E-state index in [-0.39, 0.29) is 45.7 Å². The maximum atomic E-state index is 13.9. The molecule has 0 bridgehead atoms. The number of benzene rings is 2. The van der Waals surface area contributed by atoms with Gasteiger partial charge in [-0.3, -0.25) is 9.52 Å². The summed E-state index contributed by atoms with van der Waals surface area (Å²) >= 11 is 6.40. The molecule has 1 atom stereocenters. The maximum Gasteiger partial charge on any atom is 0.260 e. The summed E-state index contributed by atoms with van der Waals surface area (Å²) in [5.41, 5.74) is -0.0471. The molecule has 2 aromatic rings. The highest BCUT2D eigenvalue weighted by Gasteiger charge is 2.48. The van der Waals surface area contributed by atoms with Crippen molar-refractivity contribution in [3.8, 4) is 0 Å². The predicted octanol–water partition coefficient (Wildman–Crippen LogP) is 4.91. The van der Waals surface area contributed by atoms with Crippen molar-refractivity contribution < 1.29 is 31.1 Å². The van der Waals surface area contributed by atoms with Gasteiger partial charge in [-0.25, -0.2) is 21.2 Å². The van der Waals surface area contributed by atoms with Crippen LogP contribution in [0.15, 0.2) is 62.7 Å². The number of nitrogens with zero attached hydrogens (tertiary/aromatic N) is 1. The van der Waals surface area contributed by atoms with Crippen molar-refractivity contribution in [1.29, 1.82) is 0 Å². The number of sulfonamides is 1. The van der Waals surface area contributed by atoms with E-state index in [9.17, 15) is 31.1 Å². The smallest absolute Gasteiger partial charge is 0.260 e. The number of amides is 1. The first-order chi connectivity index (χ1) is 18.5. The molecule has 40 heavy (non-hydrogen) atoms. The zero-order valence-corrected chi connectivity index (χ0v) is 24.6. The third-order valence-electron chi connectivity index (χ3n) is 7.13. The number of fused-ring (bicyclic) bond motifs is 1. The number of sulfone groups is 1. The molecule has 0 aromatic heterocycles. The van der Waals surface area contributed by atoms with Crippen LogP contribution in [-0.2, 0) is 31.2 Å². The molecule has 3 aliphatic rings. The Balaban J connectivity index is 1.54. The lowest BCUT2D eigenvalue weighted by atomic mass is 9.85. The molecular weight excluding hydrogens is 581 g/mol. The van der Waals surface area contributed by atoms with E-state index in [1.54, 1.807) is 19.1 Å². The lowest BCUT2D eigenvalue weighted by Crippen LogP contribution is -2.43. The van der Waals surface area contributed by atoms with Crippen molar-refractivity contribution >= 4 is 48.7 Å². The van der Waals surface area contributed by atoms with E-state index >= 15 is 0 Å². The first kappa shape index (κ1) is 28.4. The minimum absolute atomic E-state index is 0.0359. The average molecular weight is 610 g/mol. The molecule has 0 radical (unpaired) electrons. The van der Waals surface area contributed by atoms with Gasteiger partial charge in [0.2, 0.25) is 19.9 Å². The molecule has 214 valence electrons. The van der Waals surface area contributed by atoms with Crippen LogP contribution in [-0.4, -0.2) is 44.0 Å². The van der Waals surface area contributed by atoms with Gasteiger partial charge in [0.1, 0.15) is 17.1 Å². The Labute approximate surface area is 237 Å². The Kier molecular flexibility index (Phi) is 6.75. The first-order valence-electron chi connectivity index (χ1n) is 12.6. The van der Waals surface area contributed by atoms with Crippen LogP contribution in [0.25, 0.3) is 0 Å². The van der Waals surface area contributed by atoms with Crippen molar-refractivity contribution in [2.75, 3.05) is 10.0 Å². The molecule has 2 aromatic carbocycles. The summed E-state index contributed by atoms with van der Waals surface area (Å²) in [6.45, 7) is 7.12. The fourth-order valence-electron chi connectivity index (χ4n) is 5.05. The lowest BCUT2D eigenvalue weighted by Gasteiger charge is -2.35. The molecule has 2 aliphatic heterocycles. The van der Waals surface area contributed by atoms with Crippen LogP contribution < -0.4 is 10.0 Å². The van der Waals surface area contributed by atoms with E-state index in [0.717, 1.165) is 0 Å². The number of carbonyl (C=O) groups excluding carboxylic acids is 1. The zero-order valence-electron chi connectivity index (χ0n) is 22.2. The van der Waals surface area contributed by atoms with Gasteiger partial charge < -0.3 is 15.3 Å². The fraction of sp³-hybridized carbons (Fsp3) is 0.370. The molecule has 3 N–H and O–H groups in total. The second-order valence-corrected chi connectivity index (χ2v) is 15.8. The van der Waals surface area contributed by atoms with Crippen LogP contribution >= 0.6 is 11.6 Å². The molecule has 2 heterocycles. The van der Waals surface area contributed by atoms with Crippen LogP contribution in [0.4, 0.5) is 15.8 Å². The van der Waals surface area contributed by atoms with Crippen LogP contribution in [0.5, 0.6) is 0 Å². The maximum absolute atomic E-state index is 13.9. The molecule has 9 nitrogen and oxygen atoms in total. The normalized spacial score (nSPS) is 21.0. The Morgan fingerprint density at radius 3 is 2.45 bits per heavy atom. The molecule has 0 unspecified atom stereocenters. The number of aliphatic hydroxyl groups excluding tert-OH is 1. The Morgan fingerprint density at radius 1 is 1.18 bits per heavy atom. The largest absolute Gasteiger partial charge is 0.509 e. The molecule has 13 heteroatoms. The van der Waals surface area contributed by atoms with Crippen LogP contribution in [0, 0.1) is 18.2 Å². The van der Waals surface area contributed by atoms with Gasteiger partial charge in [-0.15, -0.1) is 0 Å². The Morgan fingerprint density at radius 2 is 1.85 bits per heavy atom. The number of hydrogen-bond donors (Lipinski definition) is 3. The van der Waals surface area contributed by atoms with E-state index < -0.39 is 46.8 Å². The first-order valence-corrected chi connectivity index (χ1v) is 16.0. The van der Waals surface area contributed by atoms with Gasteiger partial charge in [-0.1, -0.05) is 44.5 Å². The van der Waals surface area contributed by atoms with Crippen LogP contribution in [0.1, 0.15) is 44.7 Å². The highest BCUT2D eigenvalue weighted by molar-refractivity contribution is 7.97. The number of carbonyl (C=O) groups is 1. The fourth-order valence-corrected chi connectivity index (χ4v) is 8.12. The van der Waals surface area contributed by atoms with E-state index in [0.29, 0.717) is 24.0 Å². The summed E-state index contributed by atoms with van der Waals surface area (Å²) < 4.78 is 67.3. The van der Waals surface area contributed by atoms with Gasteiger partial charge in [-0.05, 0) is 60.6 Å². The number of halogens is 2. The van der Waals surface area contributed by atoms with Crippen molar-refractivity contribution in [2.45, 2.75) is 63.3 Å².